The SMILES string of the molecule is COc1ccc(NC(=O)[C@H]2CC(=O)NC3=C2C(=O)C[C@H](c2ccc(OC)cc2)C3)cc1. The van der Waals surface area contributed by atoms with Crippen LogP contribution in [0.2, 0.25) is 0 Å². The summed E-state index contributed by atoms with van der Waals surface area (Å²) in [5.74, 6) is -0.146. The summed E-state index contributed by atoms with van der Waals surface area (Å²) in [6.07, 6.45) is 0.762. The Balaban J connectivity index is 1.56. The maximum absolute atomic E-state index is 13.1. The number of hydrogen-bond acceptors (Lipinski definition) is 5. The summed E-state index contributed by atoms with van der Waals surface area (Å²) in [4.78, 5) is 38.4. The minimum absolute atomic E-state index is 0.0419. The Morgan fingerprint density at radius 2 is 1.52 bits per heavy atom. The number of carbonyl (C=O) groups excluding carboxylic acids is 3. The molecule has 0 spiro atoms. The van der Waals surface area contributed by atoms with Gasteiger partial charge in [0.1, 0.15) is 11.5 Å². The van der Waals surface area contributed by atoms with Crippen molar-refractivity contribution in [3.8, 4) is 11.5 Å². The van der Waals surface area contributed by atoms with Crippen molar-refractivity contribution in [3.63, 3.8) is 0 Å². The first-order valence-electron chi connectivity index (χ1n) is 10.1. The Morgan fingerprint density at radius 1 is 0.903 bits per heavy atom. The number of carbonyl (C=O) groups is 3. The number of ketones is 1. The lowest BCUT2D eigenvalue weighted by Crippen LogP contribution is -2.43. The molecule has 2 amide bonds. The molecule has 0 saturated carbocycles. The highest BCUT2D eigenvalue weighted by Gasteiger charge is 2.40. The van der Waals surface area contributed by atoms with Crippen LogP contribution in [0.4, 0.5) is 5.69 Å². The van der Waals surface area contributed by atoms with Crippen molar-refractivity contribution in [2.45, 2.75) is 25.2 Å². The van der Waals surface area contributed by atoms with E-state index in [0.717, 1.165) is 11.3 Å². The van der Waals surface area contributed by atoms with Gasteiger partial charge in [-0.3, -0.25) is 14.4 Å². The maximum Gasteiger partial charge on any atom is 0.232 e. The van der Waals surface area contributed by atoms with Gasteiger partial charge in [0.05, 0.1) is 20.1 Å². The standard InChI is InChI=1S/C24H24N2O5/c1-30-17-7-3-14(4-8-17)15-11-20-23(21(27)12-15)19(13-22(28)26-20)24(29)25-16-5-9-18(31-2)10-6-16/h3-10,15,19H,11-13H2,1-2H3,(H,25,29)(H,26,28)/t15-,19+/m1/s1. The van der Waals surface area contributed by atoms with Gasteiger partial charge in [-0.2, -0.15) is 0 Å². The van der Waals surface area contributed by atoms with Crippen LogP contribution in [0.25, 0.3) is 0 Å². The molecule has 0 aromatic heterocycles. The van der Waals surface area contributed by atoms with Crippen LogP contribution in [0.5, 0.6) is 11.5 Å². The molecule has 7 nitrogen and oxygen atoms in total. The van der Waals surface area contributed by atoms with E-state index in [1.165, 1.54) is 0 Å². The van der Waals surface area contributed by atoms with Gasteiger partial charge in [-0.15, -0.1) is 0 Å². The van der Waals surface area contributed by atoms with Crippen LogP contribution < -0.4 is 20.1 Å². The first kappa shape index (κ1) is 20.7. The number of benzene rings is 2. The summed E-state index contributed by atoms with van der Waals surface area (Å²) >= 11 is 0. The lowest BCUT2D eigenvalue weighted by molar-refractivity contribution is -0.129. The van der Waals surface area contributed by atoms with Gasteiger partial charge < -0.3 is 20.1 Å². The molecule has 1 aliphatic heterocycles. The van der Waals surface area contributed by atoms with E-state index in [1.807, 2.05) is 24.3 Å². The van der Waals surface area contributed by atoms with Gasteiger partial charge in [0, 0.05) is 29.8 Å². The lowest BCUT2D eigenvalue weighted by Gasteiger charge is -2.33. The van der Waals surface area contributed by atoms with E-state index in [2.05, 4.69) is 10.6 Å². The molecule has 31 heavy (non-hydrogen) atoms. The fourth-order valence-electron chi connectivity index (χ4n) is 4.20. The Bertz CT molecular complexity index is 1040. The third-order valence-electron chi connectivity index (χ3n) is 5.80. The van der Waals surface area contributed by atoms with Gasteiger partial charge in [0.15, 0.2) is 5.78 Å². The molecule has 160 valence electrons. The molecular weight excluding hydrogens is 396 g/mol. The quantitative estimate of drug-likeness (QED) is 0.775. The van der Waals surface area contributed by atoms with Gasteiger partial charge in [0.2, 0.25) is 11.8 Å². The van der Waals surface area contributed by atoms with E-state index < -0.39 is 5.92 Å². The first-order valence-corrected chi connectivity index (χ1v) is 10.1. The number of rotatable bonds is 5. The third kappa shape index (κ3) is 4.30. The maximum atomic E-state index is 13.1. The minimum Gasteiger partial charge on any atom is -0.497 e. The van der Waals surface area contributed by atoms with Crippen LogP contribution in [-0.4, -0.2) is 31.8 Å². The molecule has 1 aliphatic carbocycles. The van der Waals surface area contributed by atoms with Crippen LogP contribution >= 0.6 is 0 Å². The molecule has 4 rings (SSSR count). The summed E-state index contributed by atoms with van der Waals surface area (Å²) in [7, 11) is 3.17. The zero-order valence-corrected chi connectivity index (χ0v) is 17.4. The minimum atomic E-state index is -0.796. The number of nitrogens with one attached hydrogen (secondary N) is 2. The second-order valence-electron chi connectivity index (χ2n) is 7.72. The molecule has 2 aliphatic rings. The Morgan fingerprint density at radius 3 is 2.13 bits per heavy atom. The molecule has 0 radical (unpaired) electrons. The molecule has 0 unspecified atom stereocenters. The van der Waals surface area contributed by atoms with E-state index in [0.29, 0.717) is 35.5 Å². The smallest absolute Gasteiger partial charge is 0.232 e. The number of Topliss-reactive ketones (excluding diaryl/α,β-unsaturated/α-hetero) is 1. The number of hydrogen-bond donors (Lipinski definition) is 2. The van der Waals surface area contributed by atoms with Crippen molar-refractivity contribution in [1.82, 2.24) is 5.32 Å². The van der Waals surface area contributed by atoms with Crippen molar-refractivity contribution >= 4 is 23.3 Å². The van der Waals surface area contributed by atoms with Gasteiger partial charge in [-0.25, -0.2) is 0 Å². The molecule has 2 aromatic carbocycles. The lowest BCUT2D eigenvalue weighted by atomic mass is 9.75. The highest BCUT2D eigenvalue weighted by Crippen LogP contribution is 2.39. The van der Waals surface area contributed by atoms with Gasteiger partial charge in [0.25, 0.3) is 0 Å². The van der Waals surface area contributed by atoms with E-state index in [9.17, 15) is 14.4 Å². The number of ether oxygens (including phenoxy) is 2. The van der Waals surface area contributed by atoms with Crippen LogP contribution in [-0.2, 0) is 14.4 Å². The summed E-state index contributed by atoms with van der Waals surface area (Å²) in [6, 6.07) is 14.5. The third-order valence-corrected chi connectivity index (χ3v) is 5.80. The normalized spacial score (nSPS) is 20.6. The Kier molecular flexibility index (Phi) is 5.75. The van der Waals surface area contributed by atoms with E-state index in [1.54, 1.807) is 38.5 Å². The number of allylic oxidation sites excluding steroid dienone is 1. The summed E-state index contributed by atoms with van der Waals surface area (Å²) < 4.78 is 10.3. The molecule has 2 N–H and O–H groups in total. The zero-order chi connectivity index (χ0) is 22.0. The monoisotopic (exact) mass is 420 g/mol. The van der Waals surface area contributed by atoms with Crippen molar-refractivity contribution < 1.29 is 23.9 Å². The fourth-order valence-corrected chi connectivity index (χ4v) is 4.20. The molecule has 0 saturated heterocycles. The van der Waals surface area contributed by atoms with Crippen molar-refractivity contribution in [2.24, 2.45) is 5.92 Å². The van der Waals surface area contributed by atoms with Crippen molar-refractivity contribution in [2.75, 3.05) is 19.5 Å². The fraction of sp³-hybridized carbons (Fsp3) is 0.292. The van der Waals surface area contributed by atoms with E-state index >= 15 is 0 Å². The van der Waals surface area contributed by atoms with Crippen molar-refractivity contribution in [1.29, 1.82) is 0 Å². The van der Waals surface area contributed by atoms with Crippen LogP contribution in [0.3, 0.4) is 0 Å². The molecule has 2 aromatic rings. The Hall–Kier alpha value is -3.61. The second-order valence-corrected chi connectivity index (χ2v) is 7.72. The first-order chi connectivity index (χ1) is 15.0. The molecule has 2 atom stereocenters. The molecule has 0 bridgehead atoms. The van der Waals surface area contributed by atoms with Gasteiger partial charge in [-0.05, 0) is 54.3 Å². The van der Waals surface area contributed by atoms with Crippen molar-refractivity contribution in [3.05, 3.63) is 65.4 Å². The summed E-state index contributed by atoms with van der Waals surface area (Å²) in [6.45, 7) is 0. The molecule has 0 fully saturated rings. The number of methoxy groups -OCH3 is 2. The van der Waals surface area contributed by atoms with E-state index in [4.69, 9.17) is 9.47 Å². The predicted octanol–water partition coefficient (Wildman–Crippen LogP) is 3.18. The molecular formula is C24H24N2O5. The molecule has 7 heteroatoms. The highest BCUT2D eigenvalue weighted by atomic mass is 16.5. The van der Waals surface area contributed by atoms with Crippen LogP contribution in [0.1, 0.15) is 30.7 Å². The summed E-state index contributed by atoms with van der Waals surface area (Å²) in [5.41, 5.74) is 2.57. The topological polar surface area (TPSA) is 93.7 Å². The van der Waals surface area contributed by atoms with Gasteiger partial charge in [-0.1, -0.05) is 12.1 Å². The van der Waals surface area contributed by atoms with Gasteiger partial charge >= 0.3 is 0 Å². The van der Waals surface area contributed by atoms with Crippen LogP contribution in [0.15, 0.2) is 59.8 Å². The summed E-state index contributed by atoms with van der Waals surface area (Å²) in [5, 5.41) is 5.65. The van der Waals surface area contributed by atoms with E-state index in [-0.39, 0.29) is 29.9 Å². The number of anilines is 1. The van der Waals surface area contributed by atoms with Crippen LogP contribution in [0, 0.1) is 5.92 Å². The zero-order valence-electron chi connectivity index (χ0n) is 17.4. The highest BCUT2D eigenvalue weighted by molar-refractivity contribution is 6.09. The average molecular weight is 420 g/mol. The molecule has 1 heterocycles. The largest absolute Gasteiger partial charge is 0.497 e. The predicted molar refractivity (Wildman–Crippen MR) is 115 cm³/mol. The Labute approximate surface area is 180 Å². The second kappa shape index (κ2) is 8.63. The average Bonchev–Trinajstić information content (AvgIpc) is 2.78. The number of amides is 2.